The Morgan fingerprint density at radius 3 is 2.53 bits per heavy atom. The predicted molar refractivity (Wildman–Crippen MR) is 63.3 cm³/mol. The highest BCUT2D eigenvalue weighted by Crippen LogP contribution is 2.36. The number of hydrogen-bond donors (Lipinski definition) is 2. The van der Waals surface area contributed by atoms with E-state index in [9.17, 15) is 0 Å². The van der Waals surface area contributed by atoms with Crippen molar-refractivity contribution >= 4 is 0 Å². The van der Waals surface area contributed by atoms with Crippen LogP contribution in [-0.4, -0.2) is 19.3 Å². The lowest BCUT2D eigenvalue weighted by atomic mass is 9.93. The molecule has 1 aliphatic carbocycles. The molecule has 3 unspecified atom stereocenters. The summed E-state index contributed by atoms with van der Waals surface area (Å²) in [4.78, 5) is 0. The molecule has 0 heterocycles. The first-order valence-corrected chi connectivity index (χ1v) is 6.21. The van der Waals surface area contributed by atoms with E-state index in [0.717, 1.165) is 18.3 Å². The number of methoxy groups -OCH3 is 1. The molecule has 0 spiro atoms. The topological polar surface area (TPSA) is 47.3 Å². The van der Waals surface area contributed by atoms with Gasteiger partial charge in [-0.1, -0.05) is 26.7 Å². The summed E-state index contributed by atoms with van der Waals surface area (Å²) in [5.41, 5.74) is 2.94. The van der Waals surface area contributed by atoms with Gasteiger partial charge in [0.25, 0.3) is 0 Å². The molecule has 1 rings (SSSR count). The minimum atomic E-state index is 0.314. The fourth-order valence-corrected chi connectivity index (χ4v) is 2.45. The molecule has 90 valence electrons. The molecule has 0 amide bonds. The summed E-state index contributed by atoms with van der Waals surface area (Å²) >= 11 is 0. The van der Waals surface area contributed by atoms with E-state index >= 15 is 0 Å². The van der Waals surface area contributed by atoms with Crippen LogP contribution in [0.1, 0.15) is 46.0 Å². The Balaban J connectivity index is 2.38. The number of ether oxygens (including phenoxy) is 1. The van der Waals surface area contributed by atoms with Crippen molar-refractivity contribution in [1.82, 2.24) is 5.43 Å². The van der Waals surface area contributed by atoms with Crippen LogP contribution in [0.3, 0.4) is 0 Å². The average Bonchev–Trinajstić information content (AvgIpc) is 3.02. The maximum Gasteiger partial charge on any atom is 0.0765 e. The second-order valence-corrected chi connectivity index (χ2v) is 4.94. The fourth-order valence-electron chi connectivity index (χ4n) is 2.45. The zero-order valence-corrected chi connectivity index (χ0v) is 10.3. The van der Waals surface area contributed by atoms with Gasteiger partial charge in [-0.2, -0.15) is 0 Å². The summed E-state index contributed by atoms with van der Waals surface area (Å²) in [7, 11) is 1.80. The SMILES string of the molecule is CCCC(C)CC(NN)C(OC)C1CC1. The van der Waals surface area contributed by atoms with Gasteiger partial charge in [0.1, 0.15) is 0 Å². The summed E-state index contributed by atoms with van der Waals surface area (Å²) in [6, 6.07) is 0.323. The summed E-state index contributed by atoms with van der Waals surface area (Å²) < 4.78 is 5.56. The third-order valence-electron chi connectivity index (χ3n) is 3.41. The Morgan fingerprint density at radius 2 is 2.13 bits per heavy atom. The molecule has 1 fully saturated rings. The van der Waals surface area contributed by atoms with Crippen LogP contribution in [-0.2, 0) is 4.74 Å². The van der Waals surface area contributed by atoms with Gasteiger partial charge in [0.2, 0.25) is 0 Å². The molecule has 3 nitrogen and oxygen atoms in total. The van der Waals surface area contributed by atoms with E-state index in [4.69, 9.17) is 10.6 Å². The fraction of sp³-hybridized carbons (Fsp3) is 1.00. The highest BCUT2D eigenvalue weighted by atomic mass is 16.5. The first-order valence-electron chi connectivity index (χ1n) is 6.21. The minimum absolute atomic E-state index is 0.314. The molecule has 1 aliphatic rings. The standard InChI is InChI=1S/C12H26N2O/c1-4-5-9(2)8-11(14-13)12(15-3)10-6-7-10/h9-12,14H,4-8,13H2,1-3H3. The minimum Gasteiger partial charge on any atom is -0.379 e. The predicted octanol–water partition coefficient (Wildman–Crippen LogP) is 2.07. The Kier molecular flexibility index (Phi) is 5.58. The van der Waals surface area contributed by atoms with Gasteiger partial charge in [0.15, 0.2) is 0 Å². The summed E-state index contributed by atoms with van der Waals surface area (Å²) in [5, 5.41) is 0. The summed E-state index contributed by atoms with van der Waals surface area (Å²) in [6.07, 6.45) is 6.57. The third kappa shape index (κ3) is 4.09. The Morgan fingerprint density at radius 1 is 1.47 bits per heavy atom. The molecule has 3 heteroatoms. The molecule has 0 radical (unpaired) electrons. The Labute approximate surface area is 93.7 Å². The van der Waals surface area contributed by atoms with Gasteiger partial charge in [-0.3, -0.25) is 11.3 Å². The normalized spacial score (nSPS) is 22.4. The van der Waals surface area contributed by atoms with E-state index in [-0.39, 0.29) is 0 Å². The van der Waals surface area contributed by atoms with Gasteiger partial charge < -0.3 is 4.74 Å². The van der Waals surface area contributed by atoms with Crippen LogP contribution in [0.5, 0.6) is 0 Å². The van der Waals surface area contributed by atoms with Gasteiger partial charge in [-0.15, -0.1) is 0 Å². The van der Waals surface area contributed by atoms with E-state index in [0.29, 0.717) is 12.1 Å². The zero-order valence-electron chi connectivity index (χ0n) is 10.3. The van der Waals surface area contributed by atoms with Crippen LogP contribution in [0.15, 0.2) is 0 Å². The first kappa shape index (κ1) is 12.9. The van der Waals surface area contributed by atoms with Crippen LogP contribution in [0, 0.1) is 11.8 Å². The molecule has 0 aromatic rings. The van der Waals surface area contributed by atoms with Gasteiger partial charge >= 0.3 is 0 Å². The molecule has 0 bridgehead atoms. The van der Waals surface area contributed by atoms with E-state index in [1.165, 1.54) is 25.7 Å². The van der Waals surface area contributed by atoms with Gasteiger partial charge in [-0.25, -0.2) is 0 Å². The van der Waals surface area contributed by atoms with Crippen LogP contribution in [0.4, 0.5) is 0 Å². The highest BCUT2D eigenvalue weighted by Gasteiger charge is 2.36. The molecular formula is C12H26N2O. The maximum atomic E-state index is 5.63. The van der Waals surface area contributed by atoms with Crippen LogP contribution < -0.4 is 11.3 Å². The van der Waals surface area contributed by atoms with Crippen molar-refractivity contribution in [2.45, 2.75) is 58.1 Å². The molecule has 3 N–H and O–H groups in total. The van der Waals surface area contributed by atoms with Crippen molar-refractivity contribution in [3.8, 4) is 0 Å². The number of hydrazine groups is 1. The van der Waals surface area contributed by atoms with Gasteiger partial charge in [0, 0.05) is 13.2 Å². The van der Waals surface area contributed by atoms with Crippen molar-refractivity contribution in [1.29, 1.82) is 0 Å². The van der Waals surface area contributed by atoms with Crippen molar-refractivity contribution in [3.63, 3.8) is 0 Å². The molecule has 3 atom stereocenters. The largest absolute Gasteiger partial charge is 0.379 e. The Bertz CT molecular complexity index is 171. The van der Waals surface area contributed by atoms with Crippen molar-refractivity contribution < 1.29 is 4.74 Å². The second-order valence-electron chi connectivity index (χ2n) is 4.94. The average molecular weight is 214 g/mol. The van der Waals surface area contributed by atoms with E-state index in [1.807, 2.05) is 0 Å². The zero-order chi connectivity index (χ0) is 11.3. The first-order chi connectivity index (χ1) is 7.22. The molecule has 0 aliphatic heterocycles. The molecule has 15 heavy (non-hydrogen) atoms. The lowest BCUT2D eigenvalue weighted by molar-refractivity contribution is 0.0433. The third-order valence-corrected chi connectivity index (χ3v) is 3.41. The summed E-state index contributed by atoms with van der Waals surface area (Å²) in [5.74, 6) is 7.10. The van der Waals surface area contributed by atoms with E-state index in [2.05, 4.69) is 19.3 Å². The number of hydrogen-bond acceptors (Lipinski definition) is 3. The molecule has 0 aromatic carbocycles. The maximum absolute atomic E-state index is 5.63. The lowest BCUT2D eigenvalue weighted by Crippen LogP contribution is -2.46. The molecule has 0 saturated heterocycles. The lowest BCUT2D eigenvalue weighted by Gasteiger charge is -2.27. The molecule has 1 saturated carbocycles. The number of rotatable bonds is 8. The van der Waals surface area contributed by atoms with Crippen LogP contribution in [0.2, 0.25) is 0 Å². The van der Waals surface area contributed by atoms with Gasteiger partial charge in [0.05, 0.1) is 6.10 Å². The highest BCUT2D eigenvalue weighted by molar-refractivity contribution is 4.90. The van der Waals surface area contributed by atoms with Crippen molar-refractivity contribution in [3.05, 3.63) is 0 Å². The quantitative estimate of drug-likeness (QED) is 0.480. The van der Waals surface area contributed by atoms with Crippen LogP contribution >= 0.6 is 0 Å². The van der Waals surface area contributed by atoms with Gasteiger partial charge in [-0.05, 0) is 31.1 Å². The van der Waals surface area contributed by atoms with E-state index in [1.54, 1.807) is 7.11 Å². The van der Waals surface area contributed by atoms with Crippen LogP contribution in [0.25, 0.3) is 0 Å². The van der Waals surface area contributed by atoms with Crippen molar-refractivity contribution in [2.24, 2.45) is 17.7 Å². The second kappa shape index (κ2) is 6.46. The monoisotopic (exact) mass is 214 g/mol. The number of nitrogens with one attached hydrogen (secondary N) is 1. The molecule has 0 aromatic heterocycles. The summed E-state index contributed by atoms with van der Waals surface area (Å²) in [6.45, 7) is 4.53. The Hall–Kier alpha value is -0.120. The smallest absolute Gasteiger partial charge is 0.0765 e. The number of nitrogens with two attached hydrogens (primary N) is 1. The van der Waals surface area contributed by atoms with E-state index < -0.39 is 0 Å². The molecular weight excluding hydrogens is 188 g/mol. The van der Waals surface area contributed by atoms with Crippen molar-refractivity contribution in [2.75, 3.05) is 7.11 Å².